The Balaban J connectivity index is 1.87. The minimum absolute atomic E-state index is 0.137. The normalized spacial score (nSPS) is 14.0. The molecule has 0 bridgehead atoms. The van der Waals surface area contributed by atoms with Crippen molar-refractivity contribution in [2.75, 3.05) is 11.9 Å². The van der Waals surface area contributed by atoms with E-state index in [0.29, 0.717) is 35.7 Å². The molecular weight excluding hydrogens is 419 g/mol. The number of carboxylic acid groups (broad SMARTS) is 1. The van der Waals surface area contributed by atoms with Crippen LogP contribution >= 0.6 is 11.6 Å². The smallest absolute Gasteiger partial charge is 0.417 e. The fourth-order valence-electron chi connectivity index (χ4n) is 3.56. The number of nitrogens with one attached hydrogen (secondary N) is 1. The van der Waals surface area contributed by atoms with Crippen LogP contribution in [0.25, 0.3) is 16.9 Å². The molecule has 2 aromatic carbocycles. The maximum atomic E-state index is 13.4. The van der Waals surface area contributed by atoms with Crippen molar-refractivity contribution >= 4 is 23.4 Å². The number of halogens is 4. The molecule has 0 aliphatic carbocycles. The molecule has 3 aromatic rings. The summed E-state index contributed by atoms with van der Waals surface area (Å²) in [6.07, 6.45) is -2.12. The fraction of sp³-hybridized carbons (Fsp3) is 0.238. The summed E-state index contributed by atoms with van der Waals surface area (Å²) in [5, 5.41) is 16.7. The van der Waals surface area contributed by atoms with Crippen LogP contribution in [0.2, 0.25) is 5.02 Å². The number of hydrogen-bond acceptors (Lipinski definition) is 3. The highest BCUT2D eigenvalue weighted by atomic mass is 35.5. The van der Waals surface area contributed by atoms with Crippen LogP contribution in [0.3, 0.4) is 0 Å². The van der Waals surface area contributed by atoms with Gasteiger partial charge in [0.2, 0.25) is 0 Å². The van der Waals surface area contributed by atoms with E-state index in [0.717, 1.165) is 24.5 Å². The van der Waals surface area contributed by atoms with Gasteiger partial charge in [-0.2, -0.15) is 18.3 Å². The maximum Gasteiger partial charge on any atom is 0.417 e. The number of carbonyl (C=O) groups is 1. The molecule has 1 aromatic heterocycles. The van der Waals surface area contributed by atoms with E-state index < -0.39 is 17.7 Å². The summed E-state index contributed by atoms with van der Waals surface area (Å²) in [5.41, 5.74) is 1.44. The second kappa shape index (κ2) is 7.68. The molecular formula is C21H17ClF3N3O2. The van der Waals surface area contributed by atoms with Gasteiger partial charge in [-0.3, -0.25) is 0 Å². The number of rotatable bonds is 3. The molecule has 0 atom stereocenters. The summed E-state index contributed by atoms with van der Waals surface area (Å²) in [4.78, 5) is 11.1. The summed E-state index contributed by atoms with van der Waals surface area (Å²) in [5.74, 6) is -0.338. The number of benzene rings is 2. The highest BCUT2D eigenvalue weighted by molar-refractivity contribution is 6.31. The topological polar surface area (TPSA) is 67.1 Å². The quantitative estimate of drug-likeness (QED) is 0.557. The molecule has 156 valence electrons. The Kier molecular flexibility index (Phi) is 5.19. The second-order valence-electron chi connectivity index (χ2n) is 7.02. The predicted octanol–water partition coefficient (Wildman–Crippen LogP) is 5.66. The molecule has 0 amide bonds. The van der Waals surface area contributed by atoms with Gasteiger partial charge in [-0.1, -0.05) is 17.7 Å². The molecule has 30 heavy (non-hydrogen) atoms. The summed E-state index contributed by atoms with van der Waals surface area (Å²) in [6.45, 7) is 0.708. The van der Waals surface area contributed by atoms with Gasteiger partial charge in [0.1, 0.15) is 5.82 Å². The molecule has 4 rings (SSSR count). The number of nitrogens with zero attached hydrogens (tertiary/aromatic N) is 2. The van der Waals surface area contributed by atoms with Crippen molar-refractivity contribution in [3.05, 3.63) is 64.2 Å². The van der Waals surface area contributed by atoms with E-state index in [1.807, 2.05) is 0 Å². The summed E-state index contributed by atoms with van der Waals surface area (Å²) < 4.78 is 41.7. The van der Waals surface area contributed by atoms with Gasteiger partial charge in [-0.15, -0.1) is 0 Å². The molecule has 9 heteroatoms. The van der Waals surface area contributed by atoms with Gasteiger partial charge < -0.3 is 10.4 Å². The molecule has 1 aliphatic heterocycles. The summed E-state index contributed by atoms with van der Waals surface area (Å²) in [6, 6.07) is 9.96. The first-order valence-corrected chi connectivity index (χ1v) is 9.70. The van der Waals surface area contributed by atoms with Crippen LogP contribution in [-0.4, -0.2) is 27.4 Å². The highest BCUT2D eigenvalue weighted by Crippen LogP contribution is 2.39. The van der Waals surface area contributed by atoms with Gasteiger partial charge in [0, 0.05) is 17.7 Å². The van der Waals surface area contributed by atoms with Crippen LogP contribution in [0.15, 0.2) is 42.5 Å². The monoisotopic (exact) mass is 435 g/mol. The molecule has 0 saturated heterocycles. The van der Waals surface area contributed by atoms with Crippen LogP contribution in [0.1, 0.15) is 34.3 Å². The van der Waals surface area contributed by atoms with E-state index in [2.05, 4.69) is 10.4 Å². The molecule has 0 radical (unpaired) electrons. The lowest BCUT2D eigenvalue weighted by molar-refractivity contribution is -0.137. The van der Waals surface area contributed by atoms with E-state index in [9.17, 15) is 18.0 Å². The zero-order valence-corrected chi connectivity index (χ0v) is 16.4. The third-order valence-electron chi connectivity index (χ3n) is 5.03. The number of hydrogen-bond donors (Lipinski definition) is 2. The van der Waals surface area contributed by atoms with E-state index in [-0.39, 0.29) is 10.6 Å². The maximum absolute atomic E-state index is 13.4. The number of carboxylic acids is 1. The third kappa shape index (κ3) is 3.75. The Morgan fingerprint density at radius 2 is 1.87 bits per heavy atom. The van der Waals surface area contributed by atoms with Crippen molar-refractivity contribution in [3.63, 3.8) is 0 Å². The number of anilines is 1. The Hall–Kier alpha value is -3.00. The van der Waals surface area contributed by atoms with Crippen molar-refractivity contribution < 1.29 is 23.1 Å². The van der Waals surface area contributed by atoms with E-state index in [4.69, 9.17) is 16.7 Å². The van der Waals surface area contributed by atoms with Gasteiger partial charge in [0.15, 0.2) is 0 Å². The fourth-order valence-corrected chi connectivity index (χ4v) is 3.78. The lowest BCUT2D eigenvalue weighted by atomic mass is 10.0. The van der Waals surface area contributed by atoms with Gasteiger partial charge >= 0.3 is 12.1 Å². The second-order valence-corrected chi connectivity index (χ2v) is 7.42. The number of aromatic nitrogens is 2. The van der Waals surface area contributed by atoms with E-state index in [1.165, 1.54) is 24.3 Å². The summed E-state index contributed by atoms with van der Waals surface area (Å²) >= 11 is 5.77. The predicted molar refractivity (Wildman–Crippen MR) is 107 cm³/mol. The standard InChI is InChI=1S/C21H17ClF3N3O2/c22-17-9-6-13(11-16(17)21(23,24)25)18-15-3-1-2-10-26-19(15)28(27-18)14-7-4-12(5-8-14)20(29)30/h4-9,11,26H,1-3,10H2,(H,29,30). The van der Waals surface area contributed by atoms with Gasteiger partial charge in [0.05, 0.1) is 27.5 Å². The number of fused-ring (bicyclic) bond motifs is 1. The SMILES string of the molecule is O=C(O)c1ccc(-n2nc(-c3ccc(Cl)c(C(F)(F)F)c3)c3c2NCCCC3)cc1. The van der Waals surface area contributed by atoms with Crippen molar-refractivity contribution in [2.24, 2.45) is 0 Å². The minimum atomic E-state index is -4.57. The molecule has 0 spiro atoms. The molecule has 0 fully saturated rings. The van der Waals surface area contributed by atoms with Crippen molar-refractivity contribution in [1.82, 2.24) is 9.78 Å². The third-order valence-corrected chi connectivity index (χ3v) is 5.36. The average molecular weight is 436 g/mol. The molecule has 1 aliphatic rings. The first-order valence-electron chi connectivity index (χ1n) is 9.32. The van der Waals surface area contributed by atoms with Gasteiger partial charge in [-0.05, 0) is 55.7 Å². The summed E-state index contributed by atoms with van der Waals surface area (Å²) in [7, 11) is 0. The molecule has 2 N–H and O–H groups in total. The first kappa shape index (κ1) is 20.3. The minimum Gasteiger partial charge on any atom is -0.478 e. The van der Waals surface area contributed by atoms with E-state index in [1.54, 1.807) is 16.8 Å². The zero-order chi connectivity index (χ0) is 21.5. The number of aromatic carboxylic acids is 1. The van der Waals surface area contributed by atoms with Crippen LogP contribution < -0.4 is 5.32 Å². The zero-order valence-electron chi connectivity index (χ0n) is 15.6. The molecule has 0 saturated carbocycles. The Bertz CT molecular complexity index is 1110. The average Bonchev–Trinajstić information content (AvgIpc) is 2.89. The van der Waals surface area contributed by atoms with Gasteiger partial charge in [0.25, 0.3) is 0 Å². The van der Waals surface area contributed by atoms with Crippen LogP contribution in [0, 0.1) is 0 Å². The molecule has 5 nitrogen and oxygen atoms in total. The molecule has 0 unspecified atom stereocenters. The number of alkyl halides is 3. The van der Waals surface area contributed by atoms with Crippen molar-refractivity contribution in [1.29, 1.82) is 0 Å². The van der Waals surface area contributed by atoms with Gasteiger partial charge in [-0.25, -0.2) is 9.48 Å². The largest absolute Gasteiger partial charge is 0.478 e. The molecule has 2 heterocycles. The highest BCUT2D eigenvalue weighted by Gasteiger charge is 2.34. The first-order chi connectivity index (χ1) is 14.3. The lowest BCUT2D eigenvalue weighted by Gasteiger charge is -2.10. The van der Waals surface area contributed by atoms with E-state index >= 15 is 0 Å². The lowest BCUT2D eigenvalue weighted by Crippen LogP contribution is -2.07. The van der Waals surface area contributed by atoms with Crippen LogP contribution in [-0.2, 0) is 12.6 Å². The Morgan fingerprint density at radius 3 is 2.53 bits per heavy atom. The van der Waals surface area contributed by atoms with Crippen molar-refractivity contribution in [3.8, 4) is 16.9 Å². The van der Waals surface area contributed by atoms with Crippen molar-refractivity contribution in [2.45, 2.75) is 25.4 Å². The Labute approximate surface area is 175 Å². The Morgan fingerprint density at radius 1 is 1.13 bits per heavy atom. The van der Waals surface area contributed by atoms with Crippen LogP contribution in [0.4, 0.5) is 19.0 Å². The van der Waals surface area contributed by atoms with Crippen LogP contribution in [0.5, 0.6) is 0 Å².